The molecule has 0 bridgehead atoms. The van der Waals surface area contributed by atoms with Crippen LogP contribution in [-0.4, -0.2) is 26.4 Å². The largest absolute Gasteiger partial charge is 0.501 e. The van der Waals surface area contributed by atoms with Gasteiger partial charge in [-0.1, -0.05) is 11.6 Å². The van der Waals surface area contributed by atoms with Crippen LogP contribution in [0.15, 0.2) is 23.5 Å². The van der Waals surface area contributed by atoms with Gasteiger partial charge in [0.15, 0.2) is 0 Å². The van der Waals surface area contributed by atoms with E-state index in [0.717, 1.165) is 25.0 Å². The Morgan fingerprint density at radius 3 is 2.47 bits per heavy atom. The van der Waals surface area contributed by atoms with Gasteiger partial charge in [0.1, 0.15) is 0 Å². The van der Waals surface area contributed by atoms with Crippen LogP contribution in [-0.2, 0) is 9.47 Å². The topological polar surface area (TPSA) is 44.5 Å². The predicted octanol–water partition coefficient (Wildman–Crippen LogP) is 1.99. The quantitative estimate of drug-likeness (QED) is 0.707. The van der Waals surface area contributed by atoms with Gasteiger partial charge in [-0.3, -0.25) is 0 Å². The van der Waals surface area contributed by atoms with Crippen LogP contribution < -0.4 is 5.73 Å². The third-order valence-electron chi connectivity index (χ3n) is 2.80. The minimum atomic E-state index is 0.0729. The molecule has 0 aromatic heterocycles. The van der Waals surface area contributed by atoms with Gasteiger partial charge in [-0.15, -0.1) is 0 Å². The predicted molar refractivity (Wildman–Crippen MR) is 61.5 cm³/mol. The molecule has 15 heavy (non-hydrogen) atoms. The maximum Gasteiger partial charge on any atom is 0.0956 e. The van der Waals surface area contributed by atoms with Crippen molar-refractivity contribution in [3.05, 3.63) is 23.5 Å². The lowest BCUT2D eigenvalue weighted by atomic mass is 9.96. The molecule has 1 rings (SSSR count). The van der Waals surface area contributed by atoms with Crippen LogP contribution >= 0.6 is 0 Å². The first-order chi connectivity index (χ1) is 7.17. The molecule has 2 N–H and O–H groups in total. The number of nitrogens with two attached hydrogens (primary N) is 1. The van der Waals surface area contributed by atoms with E-state index in [-0.39, 0.29) is 12.1 Å². The van der Waals surface area contributed by atoms with Crippen LogP contribution in [0.4, 0.5) is 0 Å². The fraction of sp³-hybridized carbons (Fsp3) is 0.667. The zero-order chi connectivity index (χ0) is 11.3. The molecule has 0 heterocycles. The summed E-state index contributed by atoms with van der Waals surface area (Å²) >= 11 is 0. The van der Waals surface area contributed by atoms with E-state index < -0.39 is 0 Å². The summed E-state index contributed by atoms with van der Waals surface area (Å²) in [6, 6.07) is 0.0729. The normalized spacial score (nSPS) is 20.3. The van der Waals surface area contributed by atoms with E-state index in [2.05, 4.69) is 12.2 Å². The lowest BCUT2D eigenvalue weighted by Crippen LogP contribution is -2.33. The van der Waals surface area contributed by atoms with Crippen LogP contribution in [0.5, 0.6) is 0 Å². The zero-order valence-electron chi connectivity index (χ0n) is 9.82. The van der Waals surface area contributed by atoms with Crippen LogP contribution in [0.2, 0.25) is 0 Å². The highest BCUT2D eigenvalue weighted by atomic mass is 16.5. The van der Waals surface area contributed by atoms with Gasteiger partial charge in [-0.2, -0.15) is 0 Å². The lowest BCUT2D eigenvalue weighted by molar-refractivity contribution is 0.0849. The van der Waals surface area contributed by atoms with Crippen molar-refractivity contribution in [3.8, 4) is 0 Å². The highest BCUT2D eigenvalue weighted by molar-refractivity contribution is 5.19. The SMILES string of the molecule is COC1=CCC(C[C@H](OC)[C@H](C)N)=CC1. The molecule has 0 saturated carbocycles. The zero-order valence-corrected chi connectivity index (χ0v) is 9.82. The van der Waals surface area contributed by atoms with E-state index in [9.17, 15) is 0 Å². The summed E-state index contributed by atoms with van der Waals surface area (Å²) in [5.74, 6) is 1.05. The Morgan fingerprint density at radius 1 is 1.33 bits per heavy atom. The van der Waals surface area contributed by atoms with Crippen molar-refractivity contribution in [3.63, 3.8) is 0 Å². The highest BCUT2D eigenvalue weighted by Gasteiger charge is 2.15. The minimum Gasteiger partial charge on any atom is -0.501 e. The third-order valence-corrected chi connectivity index (χ3v) is 2.80. The average molecular weight is 211 g/mol. The Bertz CT molecular complexity index is 256. The maximum atomic E-state index is 5.83. The summed E-state index contributed by atoms with van der Waals surface area (Å²) in [6.07, 6.45) is 7.23. The van der Waals surface area contributed by atoms with E-state index in [1.54, 1.807) is 14.2 Å². The molecule has 3 heteroatoms. The summed E-state index contributed by atoms with van der Waals surface area (Å²) < 4.78 is 10.5. The second-order valence-corrected chi connectivity index (χ2v) is 3.98. The highest BCUT2D eigenvalue weighted by Crippen LogP contribution is 2.22. The van der Waals surface area contributed by atoms with Crippen molar-refractivity contribution in [2.45, 2.75) is 38.3 Å². The molecule has 0 aromatic carbocycles. The van der Waals surface area contributed by atoms with Crippen molar-refractivity contribution in [2.24, 2.45) is 5.73 Å². The molecular formula is C12H21NO2. The Hall–Kier alpha value is -0.800. The molecule has 2 atom stereocenters. The smallest absolute Gasteiger partial charge is 0.0956 e. The van der Waals surface area contributed by atoms with Gasteiger partial charge in [0.05, 0.1) is 19.0 Å². The second-order valence-electron chi connectivity index (χ2n) is 3.98. The number of hydrogen-bond acceptors (Lipinski definition) is 3. The maximum absolute atomic E-state index is 5.83. The second kappa shape index (κ2) is 5.93. The molecule has 0 unspecified atom stereocenters. The molecule has 0 radical (unpaired) electrons. The van der Waals surface area contributed by atoms with Gasteiger partial charge < -0.3 is 15.2 Å². The van der Waals surface area contributed by atoms with Crippen molar-refractivity contribution in [2.75, 3.05) is 14.2 Å². The molecule has 1 aliphatic rings. The summed E-state index contributed by atoms with van der Waals surface area (Å²) in [7, 11) is 3.43. The Morgan fingerprint density at radius 2 is 2.07 bits per heavy atom. The van der Waals surface area contributed by atoms with E-state index in [4.69, 9.17) is 15.2 Å². The van der Waals surface area contributed by atoms with E-state index in [1.165, 1.54) is 5.57 Å². The first-order valence-electron chi connectivity index (χ1n) is 5.36. The first kappa shape index (κ1) is 12.3. The van der Waals surface area contributed by atoms with Crippen LogP contribution in [0.25, 0.3) is 0 Å². The average Bonchev–Trinajstić information content (AvgIpc) is 2.26. The number of methoxy groups -OCH3 is 2. The van der Waals surface area contributed by atoms with Crippen LogP contribution in [0.1, 0.15) is 26.2 Å². The van der Waals surface area contributed by atoms with Gasteiger partial charge in [0, 0.05) is 19.6 Å². The molecule has 0 amide bonds. The fourth-order valence-corrected chi connectivity index (χ4v) is 1.73. The first-order valence-corrected chi connectivity index (χ1v) is 5.36. The van der Waals surface area contributed by atoms with E-state index >= 15 is 0 Å². The molecule has 1 aliphatic carbocycles. The van der Waals surface area contributed by atoms with E-state index in [1.807, 2.05) is 6.92 Å². The summed E-state index contributed by atoms with van der Waals surface area (Å²) in [5, 5.41) is 0. The lowest BCUT2D eigenvalue weighted by Gasteiger charge is -2.22. The molecule has 0 spiro atoms. The minimum absolute atomic E-state index is 0.0729. The van der Waals surface area contributed by atoms with Crippen molar-refractivity contribution >= 4 is 0 Å². The number of rotatable bonds is 5. The van der Waals surface area contributed by atoms with Crippen molar-refractivity contribution in [1.82, 2.24) is 0 Å². The fourth-order valence-electron chi connectivity index (χ4n) is 1.73. The molecule has 0 aromatic rings. The molecular weight excluding hydrogens is 190 g/mol. The van der Waals surface area contributed by atoms with Gasteiger partial charge in [-0.05, 0) is 25.8 Å². The van der Waals surface area contributed by atoms with Crippen LogP contribution in [0, 0.1) is 0 Å². The Labute approximate surface area is 91.9 Å². The van der Waals surface area contributed by atoms with Gasteiger partial charge in [0.2, 0.25) is 0 Å². The monoisotopic (exact) mass is 211 g/mol. The standard InChI is InChI=1S/C12H21NO2/c1-9(13)12(15-3)8-10-4-6-11(14-2)7-5-10/h4,7,9,12H,5-6,8,13H2,1-3H3/t9-,12-/m0/s1. The number of allylic oxidation sites excluding steroid dienone is 2. The summed E-state index contributed by atoms with van der Waals surface area (Å²) in [6.45, 7) is 1.98. The van der Waals surface area contributed by atoms with Gasteiger partial charge >= 0.3 is 0 Å². The molecule has 3 nitrogen and oxygen atoms in total. The summed E-state index contributed by atoms with van der Waals surface area (Å²) in [5.41, 5.74) is 7.21. The molecule has 0 fully saturated rings. The third kappa shape index (κ3) is 3.68. The number of hydrogen-bond donors (Lipinski definition) is 1. The van der Waals surface area contributed by atoms with Crippen molar-refractivity contribution < 1.29 is 9.47 Å². The molecule has 0 saturated heterocycles. The van der Waals surface area contributed by atoms with Gasteiger partial charge in [-0.25, -0.2) is 0 Å². The Kier molecular flexibility index (Phi) is 4.85. The molecule has 86 valence electrons. The van der Waals surface area contributed by atoms with Crippen molar-refractivity contribution in [1.29, 1.82) is 0 Å². The molecule has 0 aliphatic heterocycles. The van der Waals surface area contributed by atoms with Crippen LogP contribution in [0.3, 0.4) is 0 Å². The van der Waals surface area contributed by atoms with Gasteiger partial charge in [0.25, 0.3) is 0 Å². The van der Waals surface area contributed by atoms with E-state index in [0.29, 0.717) is 0 Å². The Balaban J connectivity index is 2.44. The summed E-state index contributed by atoms with van der Waals surface area (Å²) in [4.78, 5) is 0. The number of ether oxygens (including phenoxy) is 2.